The van der Waals surface area contributed by atoms with Gasteiger partial charge in [-0.1, -0.05) is 145 Å². The van der Waals surface area contributed by atoms with E-state index in [1.807, 2.05) is 27.7 Å². The van der Waals surface area contributed by atoms with Crippen molar-refractivity contribution in [3.63, 3.8) is 0 Å². The standard InChI is InChI=1S/C14H28.C12H24.2C2H6/c1-3-5-9-13(4-2)12-14-10-7-6-8-11-14;1-5-8-9-12(7-3)10-11(4)6-2;2*1-2/h13-14H,3-12H2,1-2H3;5,8,11-12H,6-7,9-10H2,1-4H3;2*1-2H3/b;8-5-;;. The molecule has 1 fully saturated rings. The fourth-order valence-corrected chi connectivity index (χ4v) is 4.37. The predicted octanol–water partition coefficient (Wildman–Crippen LogP) is 11.6. The summed E-state index contributed by atoms with van der Waals surface area (Å²) in [6.07, 6.45) is 24.6. The lowest BCUT2D eigenvalue weighted by molar-refractivity contribution is 0.271. The first-order valence-corrected chi connectivity index (χ1v) is 14.2. The van der Waals surface area contributed by atoms with Gasteiger partial charge in [0.1, 0.15) is 0 Å². The summed E-state index contributed by atoms with van der Waals surface area (Å²) in [5, 5.41) is 0. The van der Waals surface area contributed by atoms with Gasteiger partial charge in [0.2, 0.25) is 0 Å². The Morgan fingerprint density at radius 1 is 0.800 bits per heavy atom. The van der Waals surface area contributed by atoms with Gasteiger partial charge in [-0.3, -0.25) is 0 Å². The van der Waals surface area contributed by atoms with Crippen LogP contribution in [0.1, 0.15) is 159 Å². The van der Waals surface area contributed by atoms with Crippen molar-refractivity contribution in [3.05, 3.63) is 12.2 Å². The highest BCUT2D eigenvalue weighted by Gasteiger charge is 2.17. The highest BCUT2D eigenvalue weighted by Crippen LogP contribution is 2.31. The SMILES string of the molecule is C/C=C\CC(CC)CC(C)CC.CC.CC.CCCCC(CC)CC1CCCCC1. The van der Waals surface area contributed by atoms with Gasteiger partial charge in [0, 0.05) is 0 Å². The minimum absolute atomic E-state index is 0.903. The van der Waals surface area contributed by atoms with Crippen LogP contribution in [0.3, 0.4) is 0 Å². The van der Waals surface area contributed by atoms with Gasteiger partial charge in [-0.2, -0.15) is 0 Å². The smallest absolute Gasteiger partial charge is 0.0322 e. The van der Waals surface area contributed by atoms with Crippen LogP contribution in [0, 0.1) is 23.7 Å². The third-order valence-electron chi connectivity index (χ3n) is 6.65. The molecule has 0 amide bonds. The van der Waals surface area contributed by atoms with Crippen molar-refractivity contribution in [2.45, 2.75) is 159 Å². The summed E-state index contributed by atoms with van der Waals surface area (Å²) < 4.78 is 0. The van der Waals surface area contributed by atoms with E-state index < -0.39 is 0 Å². The molecule has 0 aromatic heterocycles. The molecule has 3 atom stereocenters. The van der Waals surface area contributed by atoms with E-state index in [4.69, 9.17) is 0 Å². The zero-order chi connectivity index (χ0) is 23.6. The molecule has 0 nitrogen and oxygen atoms in total. The minimum atomic E-state index is 0.903. The molecule has 0 heteroatoms. The summed E-state index contributed by atoms with van der Waals surface area (Å²) in [7, 11) is 0. The highest BCUT2D eigenvalue weighted by molar-refractivity contribution is 4.80. The fourth-order valence-electron chi connectivity index (χ4n) is 4.37. The molecule has 1 aliphatic carbocycles. The van der Waals surface area contributed by atoms with Crippen LogP contribution in [0.5, 0.6) is 0 Å². The Morgan fingerprint density at radius 2 is 1.37 bits per heavy atom. The van der Waals surface area contributed by atoms with Crippen molar-refractivity contribution in [1.29, 1.82) is 0 Å². The molecule has 1 saturated carbocycles. The Balaban J connectivity index is -0.000000421. The molecular formula is C30H64. The molecule has 0 saturated heterocycles. The second-order valence-corrected chi connectivity index (χ2v) is 8.98. The average Bonchev–Trinajstić information content (AvgIpc) is 2.82. The van der Waals surface area contributed by atoms with Crippen LogP contribution in [-0.4, -0.2) is 0 Å². The lowest BCUT2D eigenvalue weighted by Crippen LogP contribution is -2.12. The van der Waals surface area contributed by atoms with E-state index in [0.29, 0.717) is 0 Å². The van der Waals surface area contributed by atoms with Crippen molar-refractivity contribution in [2.24, 2.45) is 23.7 Å². The second-order valence-electron chi connectivity index (χ2n) is 8.98. The van der Waals surface area contributed by atoms with Gasteiger partial charge < -0.3 is 0 Å². The van der Waals surface area contributed by atoms with Crippen LogP contribution in [0.25, 0.3) is 0 Å². The Labute approximate surface area is 195 Å². The highest BCUT2D eigenvalue weighted by atomic mass is 14.2. The first-order chi connectivity index (χ1) is 14.6. The molecule has 184 valence electrons. The number of unbranched alkanes of at least 4 members (excludes halogenated alkanes) is 1. The van der Waals surface area contributed by atoms with Crippen LogP contribution in [-0.2, 0) is 0 Å². The molecular weight excluding hydrogens is 360 g/mol. The minimum Gasteiger partial charge on any atom is -0.0917 e. The van der Waals surface area contributed by atoms with Crippen molar-refractivity contribution in [2.75, 3.05) is 0 Å². The van der Waals surface area contributed by atoms with E-state index in [9.17, 15) is 0 Å². The quantitative estimate of drug-likeness (QED) is 0.273. The zero-order valence-electron chi connectivity index (χ0n) is 23.4. The number of allylic oxidation sites excluding steroid dienone is 2. The first-order valence-electron chi connectivity index (χ1n) is 14.2. The Bertz CT molecular complexity index is 297. The van der Waals surface area contributed by atoms with Crippen LogP contribution in [0.4, 0.5) is 0 Å². The van der Waals surface area contributed by atoms with Gasteiger partial charge in [-0.25, -0.2) is 0 Å². The molecule has 30 heavy (non-hydrogen) atoms. The molecule has 0 heterocycles. The van der Waals surface area contributed by atoms with Gasteiger partial charge in [-0.05, 0) is 49.9 Å². The van der Waals surface area contributed by atoms with E-state index >= 15 is 0 Å². The van der Waals surface area contributed by atoms with Gasteiger partial charge in [0.05, 0.1) is 0 Å². The van der Waals surface area contributed by atoms with Crippen molar-refractivity contribution in [3.8, 4) is 0 Å². The first kappa shape index (κ1) is 34.4. The lowest BCUT2D eigenvalue weighted by Gasteiger charge is -2.25. The van der Waals surface area contributed by atoms with Crippen molar-refractivity contribution < 1.29 is 0 Å². The molecule has 0 aromatic carbocycles. The van der Waals surface area contributed by atoms with Crippen LogP contribution < -0.4 is 0 Å². The van der Waals surface area contributed by atoms with E-state index in [-0.39, 0.29) is 0 Å². The molecule has 3 unspecified atom stereocenters. The van der Waals surface area contributed by atoms with Gasteiger partial charge in [0.15, 0.2) is 0 Å². The van der Waals surface area contributed by atoms with Crippen LogP contribution >= 0.6 is 0 Å². The third kappa shape index (κ3) is 22.4. The zero-order valence-corrected chi connectivity index (χ0v) is 23.4. The number of hydrogen-bond donors (Lipinski definition) is 0. The molecule has 0 spiro atoms. The molecule has 1 rings (SSSR count). The topological polar surface area (TPSA) is 0 Å². The van der Waals surface area contributed by atoms with Crippen LogP contribution in [0.15, 0.2) is 12.2 Å². The Morgan fingerprint density at radius 3 is 1.80 bits per heavy atom. The van der Waals surface area contributed by atoms with Gasteiger partial charge in [0.25, 0.3) is 0 Å². The maximum Gasteiger partial charge on any atom is -0.0322 e. The molecule has 0 radical (unpaired) electrons. The predicted molar refractivity (Wildman–Crippen MR) is 144 cm³/mol. The number of rotatable bonds is 12. The van der Waals surface area contributed by atoms with Gasteiger partial charge in [-0.15, -0.1) is 0 Å². The van der Waals surface area contributed by atoms with E-state index in [1.54, 1.807) is 0 Å². The summed E-state index contributed by atoms with van der Waals surface area (Å²) in [6.45, 7) is 21.7. The normalized spacial score (nSPS) is 16.9. The summed E-state index contributed by atoms with van der Waals surface area (Å²) in [6, 6.07) is 0. The second kappa shape index (κ2) is 28.7. The lowest BCUT2D eigenvalue weighted by atomic mass is 9.80. The van der Waals surface area contributed by atoms with Gasteiger partial charge >= 0.3 is 0 Å². The Kier molecular flexibility index (Phi) is 32.9. The molecule has 0 N–H and O–H groups in total. The molecule has 0 aliphatic heterocycles. The maximum atomic E-state index is 2.38. The summed E-state index contributed by atoms with van der Waals surface area (Å²) in [4.78, 5) is 0. The molecule has 0 aromatic rings. The molecule has 1 aliphatic rings. The summed E-state index contributed by atoms with van der Waals surface area (Å²) in [5.41, 5.74) is 0. The Hall–Kier alpha value is -0.260. The largest absolute Gasteiger partial charge is 0.0917 e. The monoisotopic (exact) mass is 425 g/mol. The van der Waals surface area contributed by atoms with E-state index in [2.05, 4.69) is 53.7 Å². The molecule has 0 bridgehead atoms. The van der Waals surface area contributed by atoms with Crippen molar-refractivity contribution in [1.82, 2.24) is 0 Å². The fraction of sp³-hybridized carbons (Fsp3) is 0.933. The van der Waals surface area contributed by atoms with Crippen molar-refractivity contribution >= 4 is 0 Å². The average molecular weight is 425 g/mol. The summed E-state index contributed by atoms with van der Waals surface area (Å²) >= 11 is 0. The summed E-state index contributed by atoms with van der Waals surface area (Å²) in [5.74, 6) is 3.94. The van der Waals surface area contributed by atoms with E-state index in [1.165, 1.54) is 89.9 Å². The maximum absolute atomic E-state index is 2.38. The van der Waals surface area contributed by atoms with E-state index in [0.717, 1.165) is 23.7 Å². The number of hydrogen-bond acceptors (Lipinski definition) is 0. The third-order valence-corrected chi connectivity index (χ3v) is 6.65. The van der Waals surface area contributed by atoms with Crippen LogP contribution in [0.2, 0.25) is 0 Å².